The van der Waals surface area contributed by atoms with E-state index in [1.807, 2.05) is 36.4 Å². The molecule has 0 bridgehead atoms. The molecule has 39 heavy (non-hydrogen) atoms. The number of aliphatic hydroxyl groups is 1. The number of pyridine rings is 1. The van der Waals surface area contributed by atoms with E-state index in [0.717, 1.165) is 22.3 Å². The van der Waals surface area contributed by atoms with Crippen LogP contribution in [0.5, 0.6) is 0 Å². The zero-order valence-corrected chi connectivity index (χ0v) is 21.7. The lowest BCUT2D eigenvalue weighted by Gasteiger charge is -2.57. The van der Waals surface area contributed by atoms with Gasteiger partial charge in [0.1, 0.15) is 5.60 Å². The van der Waals surface area contributed by atoms with Gasteiger partial charge in [0.2, 0.25) is 0 Å². The van der Waals surface area contributed by atoms with Gasteiger partial charge in [-0.1, -0.05) is 42.8 Å². The highest BCUT2D eigenvalue weighted by Gasteiger charge is 2.78. The number of ketones is 1. The van der Waals surface area contributed by atoms with Gasteiger partial charge in [-0.3, -0.25) is 9.78 Å². The van der Waals surface area contributed by atoms with E-state index in [0.29, 0.717) is 25.7 Å². The Morgan fingerprint density at radius 2 is 1.69 bits per heavy atom. The van der Waals surface area contributed by atoms with Crippen LogP contribution in [-0.4, -0.2) is 33.6 Å². The molecule has 7 atom stereocenters. The molecule has 4 aliphatic rings. The monoisotopic (exact) mass is 545 g/mol. The first-order valence-electron chi connectivity index (χ1n) is 13.8. The van der Waals surface area contributed by atoms with Gasteiger partial charge in [0.05, 0.1) is 0 Å². The first-order valence-corrected chi connectivity index (χ1v) is 13.8. The van der Waals surface area contributed by atoms with Gasteiger partial charge in [0.15, 0.2) is 5.78 Å². The zero-order chi connectivity index (χ0) is 27.8. The number of carbonyl (C=O) groups excluding carboxylic acids is 1. The molecule has 2 aromatic rings. The summed E-state index contributed by atoms with van der Waals surface area (Å²) in [5.41, 5.74) is -0.541. The second-order valence-corrected chi connectivity index (χ2v) is 12.3. The summed E-state index contributed by atoms with van der Waals surface area (Å²) in [5, 5.41) is 11.1. The highest BCUT2D eigenvalue weighted by molar-refractivity contribution is 5.92. The van der Waals surface area contributed by atoms with Crippen LogP contribution in [0.15, 0.2) is 60.4 Å². The minimum absolute atomic E-state index is 0.0343. The first kappa shape index (κ1) is 26.6. The minimum Gasteiger partial charge on any atom is -0.383 e. The molecule has 4 aliphatic carbocycles. The number of carbonyl (C=O) groups is 1. The fraction of sp³-hybridized carbons (Fsp3) is 0.548. The summed E-state index contributed by atoms with van der Waals surface area (Å²) in [7, 11) is 0. The van der Waals surface area contributed by atoms with Gasteiger partial charge >= 0.3 is 12.1 Å². The third kappa shape index (κ3) is 3.84. The fourth-order valence-corrected chi connectivity index (χ4v) is 8.84. The SMILES string of the molecule is C[C@]12CC[C@H]3[C@@H](CCC4=CC(=O)CC(c5ccc(-c6cccnc6)cc5)[C@@H]43)[C@@H]1CC[C@@]2(O)C(F)(F)C(F)(F)F. The topological polar surface area (TPSA) is 50.2 Å². The summed E-state index contributed by atoms with van der Waals surface area (Å²) in [6.07, 6.45) is 1.20. The van der Waals surface area contributed by atoms with Gasteiger partial charge in [-0.25, -0.2) is 0 Å². The van der Waals surface area contributed by atoms with Crippen molar-refractivity contribution in [2.75, 3.05) is 0 Å². The largest absolute Gasteiger partial charge is 0.456 e. The van der Waals surface area contributed by atoms with E-state index in [9.17, 15) is 31.9 Å². The van der Waals surface area contributed by atoms with Gasteiger partial charge in [-0.15, -0.1) is 0 Å². The maximum atomic E-state index is 14.8. The van der Waals surface area contributed by atoms with Crippen LogP contribution in [0.4, 0.5) is 22.0 Å². The molecule has 3 fully saturated rings. The Morgan fingerprint density at radius 1 is 0.949 bits per heavy atom. The molecule has 1 unspecified atom stereocenters. The van der Waals surface area contributed by atoms with E-state index in [1.54, 1.807) is 18.5 Å². The Hall–Kier alpha value is -2.61. The van der Waals surface area contributed by atoms with Gasteiger partial charge in [0, 0.05) is 24.2 Å². The third-order valence-corrected chi connectivity index (χ3v) is 10.7. The van der Waals surface area contributed by atoms with Crippen molar-refractivity contribution in [2.45, 2.75) is 75.5 Å². The average molecular weight is 546 g/mol. The van der Waals surface area contributed by atoms with E-state index in [1.165, 1.54) is 6.92 Å². The van der Waals surface area contributed by atoms with E-state index in [4.69, 9.17) is 0 Å². The van der Waals surface area contributed by atoms with E-state index in [2.05, 4.69) is 4.98 Å². The number of aromatic nitrogens is 1. The predicted molar refractivity (Wildman–Crippen MR) is 136 cm³/mol. The molecule has 1 N–H and O–H groups in total. The van der Waals surface area contributed by atoms with Gasteiger partial charge in [0.25, 0.3) is 0 Å². The number of nitrogens with zero attached hydrogens (tertiary/aromatic N) is 1. The maximum Gasteiger partial charge on any atom is 0.456 e. The summed E-state index contributed by atoms with van der Waals surface area (Å²) in [4.78, 5) is 16.9. The van der Waals surface area contributed by atoms with Gasteiger partial charge in [-0.05, 0) is 96.9 Å². The Bertz CT molecular complexity index is 1290. The number of allylic oxidation sites excluding steroid dienone is 1. The molecule has 0 aliphatic heterocycles. The molecule has 0 amide bonds. The Kier molecular flexibility index (Phi) is 6.10. The van der Waals surface area contributed by atoms with Crippen LogP contribution in [0.2, 0.25) is 0 Å². The standard InChI is InChI=1S/C31H32F5NO2/c1-28-12-10-24-23(26(28)11-13-29(28,39)30(32,33)31(34,35)36)9-8-20-15-22(38)16-25(27(20)24)19-6-4-18(5-7-19)21-3-2-14-37-17-21/h2-7,14-15,17,23-27,39H,8-13,16H2,1H3/t23-,24+,25?,26+,27+,28+,29+/m1/s1. The lowest BCUT2D eigenvalue weighted by Crippen LogP contribution is -2.65. The predicted octanol–water partition coefficient (Wildman–Crippen LogP) is 7.51. The summed E-state index contributed by atoms with van der Waals surface area (Å²) in [6, 6.07) is 12.0. The number of alkyl halides is 5. The quantitative estimate of drug-likeness (QED) is 0.406. The van der Waals surface area contributed by atoms with Crippen molar-refractivity contribution in [3.05, 3.63) is 66.0 Å². The summed E-state index contributed by atoms with van der Waals surface area (Å²) in [5.74, 6) is -5.58. The van der Waals surface area contributed by atoms with Crippen molar-refractivity contribution < 1.29 is 31.9 Å². The Labute approximate surface area is 224 Å². The van der Waals surface area contributed by atoms with Crippen molar-refractivity contribution in [1.29, 1.82) is 0 Å². The molecule has 6 rings (SSSR count). The van der Waals surface area contributed by atoms with Crippen LogP contribution < -0.4 is 0 Å². The lowest BCUT2D eigenvalue weighted by molar-refractivity contribution is -0.363. The summed E-state index contributed by atoms with van der Waals surface area (Å²) in [6.45, 7) is 1.45. The molecule has 3 saturated carbocycles. The second kappa shape index (κ2) is 8.95. The van der Waals surface area contributed by atoms with E-state index < -0.39 is 35.5 Å². The molecular weight excluding hydrogens is 513 g/mol. The van der Waals surface area contributed by atoms with E-state index >= 15 is 0 Å². The van der Waals surface area contributed by atoms with Crippen molar-refractivity contribution in [3.8, 4) is 11.1 Å². The van der Waals surface area contributed by atoms with Crippen molar-refractivity contribution in [1.82, 2.24) is 4.98 Å². The average Bonchev–Trinajstić information content (AvgIpc) is 3.20. The first-order chi connectivity index (χ1) is 18.4. The number of rotatable bonds is 3. The van der Waals surface area contributed by atoms with Crippen LogP contribution in [0, 0.1) is 29.1 Å². The van der Waals surface area contributed by atoms with Gasteiger partial charge < -0.3 is 5.11 Å². The van der Waals surface area contributed by atoms with Crippen LogP contribution in [-0.2, 0) is 4.79 Å². The van der Waals surface area contributed by atoms with Gasteiger partial charge in [-0.2, -0.15) is 22.0 Å². The number of hydrogen-bond donors (Lipinski definition) is 1. The van der Waals surface area contributed by atoms with Crippen LogP contribution in [0.3, 0.4) is 0 Å². The molecule has 1 aromatic carbocycles. The van der Waals surface area contributed by atoms with Crippen LogP contribution in [0.1, 0.15) is 63.4 Å². The highest BCUT2D eigenvalue weighted by Crippen LogP contribution is 2.69. The third-order valence-electron chi connectivity index (χ3n) is 10.7. The van der Waals surface area contributed by atoms with Crippen LogP contribution in [0.25, 0.3) is 11.1 Å². The smallest absolute Gasteiger partial charge is 0.383 e. The molecule has 208 valence electrons. The van der Waals surface area contributed by atoms with Crippen molar-refractivity contribution in [2.24, 2.45) is 29.1 Å². The Balaban J connectivity index is 1.32. The molecule has 3 nitrogen and oxygen atoms in total. The maximum absolute atomic E-state index is 14.8. The van der Waals surface area contributed by atoms with Crippen molar-refractivity contribution in [3.63, 3.8) is 0 Å². The van der Waals surface area contributed by atoms with Crippen molar-refractivity contribution >= 4 is 5.78 Å². The molecule has 8 heteroatoms. The molecule has 1 aromatic heterocycles. The number of benzene rings is 1. The summed E-state index contributed by atoms with van der Waals surface area (Å²) >= 11 is 0. The number of halogens is 5. The molecule has 0 saturated heterocycles. The van der Waals surface area contributed by atoms with Crippen LogP contribution >= 0.6 is 0 Å². The minimum atomic E-state index is -5.81. The fourth-order valence-electron chi connectivity index (χ4n) is 8.84. The zero-order valence-electron chi connectivity index (χ0n) is 21.7. The summed E-state index contributed by atoms with van der Waals surface area (Å²) < 4.78 is 70.0. The number of hydrogen-bond acceptors (Lipinski definition) is 3. The highest BCUT2D eigenvalue weighted by atomic mass is 19.4. The normalized spacial score (nSPS) is 36.5. The van der Waals surface area contributed by atoms with E-state index in [-0.39, 0.29) is 42.3 Å². The second-order valence-electron chi connectivity index (χ2n) is 12.3. The molecule has 1 heterocycles. The Morgan fingerprint density at radius 3 is 2.36 bits per heavy atom. The number of fused-ring (bicyclic) bond motifs is 5. The lowest BCUT2D eigenvalue weighted by atomic mass is 9.48. The molecule has 0 spiro atoms. The molecule has 0 radical (unpaired) electrons. The molecular formula is C31H32F5NO2.